The number of ether oxygens (including phenoxy) is 2. The summed E-state index contributed by atoms with van der Waals surface area (Å²) in [6.45, 7) is 6.60. The maximum atomic E-state index is 11.2. The molecular weight excluding hydrogens is 360 g/mol. The first kappa shape index (κ1) is 19.4. The summed E-state index contributed by atoms with van der Waals surface area (Å²) in [5.74, 6) is 1.81. The molecule has 4 N–H and O–H groups in total. The lowest BCUT2D eigenvalue weighted by atomic mass is 10.1. The van der Waals surface area contributed by atoms with Crippen molar-refractivity contribution in [2.75, 3.05) is 6.61 Å². The molecule has 0 unspecified atom stereocenters. The highest BCUT2D eigenvalue weighted by Crippen LogP contribution is 2.35. The van der Waals surface area contributed by atoms with Crippen LogP contribution >= 0.6 is 0 Å². The maximum absolute atomic E-state index is 11.2. The van der Waals surface area contributed by atoms with Gasteiger partial charge in [0.1, 0.15) is 29.6 Å². The Morgan fingerprint density at radius 1 is 1.39 bits per heavy atom. The number of hydrogen-bond donors (Lipinski definition) is 2. The van der Waals surface area contributed by atoms with E-state index < -0.39 is 12.0 Å². The molecule has 1 amide bonds. The molecule has 0 fully saturated rings. The quantitative estimate of drug-likeness (QED) is 0.593. The molecule has 0 aliphatic carbocycles. The molecule has 28 heavy (non-hydrogen) atoms. The van der Waals surface area contributed by atoms with Crippen molar-refractivity contribution in [3.63, 3.8) is 0 Å². The first-order chi connectivity index (χ1) is 13.4. The molecule has 2 aromatic rings. The van der Waals surface area contributed by atoms with Gasteiger partial charge >= 0.3 is 0 Å². The minimum absolute atomic E-state index is 0.0581. The lowest BCUT2D eigenvalue weighted by Crippen LogP contribution is -2.30. The van der Waals surface area contributed by atoms with Gasteiger partial charge in [0, 0.05) is 18.3 Å². The predicted octanol–water partition coefficient (Wildman–Crippen LogP) is 1.34. The minimum Gasteiger partial charge on any atom is -0.491 e. The van der Waals surface area contributed by atoms with Gasteiger partial charge in [0.05, 0.1) is 18.4 Å². The van der Waals surface area contributed by atoms with E-state index in [1.165, 1.54) is 6.34 Å². The molecule has 1 atom stereocenters. The van der Waals surface area contributed by atoms with E-state index in [9.17, 15) is 4.79 Å². The van der Waals surface area contributed by atoms with Gasteiger partial charge in [-0.1, -0.05) is 0 Å². The van der Waals surface area contributed by atoms with Crippen molar-refractivity contribution in [3.05, 3.63) is 30.1 Å². The van der Waals surface area contributed by atoms with Crippen molar-refractivity contribution >= 4 is 18.1 Å². The van der Waals surface area contributed by atoms with Crippen LogP contribution in [0, 0.1) is 0 Å². The third kappa shape index (κ3) is 4.13. The molecular formula is C19H24N6O3. The van der Waals surface area contributed by atoms with Crippen LogP contribution in [-0.2, 0) is 11.3 Å². The van der Waals surface area contributed by atoms with Gasteiger partial charge in [-0.3, -0.25) is 9.79 Å². The monoisotopic (exact) mass is 384 g/mol. The van der Waals surface area contributed by atoms with E-state index in [0.717, 1.165) is 11.4 Å². The zero-order chi connectivity index (χ0) is 20.3. The van der Waals surface area contributed by atoms with Crippen LogP contribution in [0.15, 0.2) is 34.4 Å². The molecule has 1 aromatic carbocycles. The highest BCUT2D eigenvalue weighted by Gasteiger charge is 2.21. The highest BCUT2D eigenvalue weighted by atomic mass is 16.5. The maximum Gasteiger partial charge on any atom is 0.258 e. The lowest BCUT2D eigenvalue weighted by Gasteiger charge is -2.13. The van der Waals surface area contributed by atoms with Crippen molar-refractivity contribution in [1.29, 1.82) is 0 Å². The highest BCUT2D eigenvalue weighted by molar-refractivity contribution is 6.01. The minimum atomic E-state index is -0.735. The number of imidazole rings is 1. The number of benzene rings is 1. The number of carbonyl (C=O) groups is 1. The van der Waals surface area contributed by atoms with Crippen LogP contribution in [0.2, 0.25) is 0 Å². The van der Waals surface area contributed by atoms with Gasteiger partial charge in [-0.15, -0.1) is 0 Å². The van der Waals surface area contributed by atoms with E-state index in [0.29, 0.717) is 36.2 Å². The van der Waals surface area contributed by atoms with Gasteiger partial charge in [-0.2, -0.15) is 0 Å². The van der Waals surface area contributed by atoms with E-state index in [2.05, 4.69) is 9.98 Å². The number of nitrogens with two attached hydrogens (primary N) is 2. The number of primary amides is 1. The van der Waals surface area contributed by atoms with Crippen LogP contribution in [-0.4, -0.2) is 46.4 Å². The Balaban J connectivity index is 1.99. The van der Waals surface area contributed by atoms with E-state index in [1.54, 1.807) is 19.1 Å². The normalized spacial score (nSPS) is 14.9. The van der Waals surface area contributed by atoms with Gasteiger partial charge < -0.3 is 25.5 Å². The van der Waals surface area contributed by atoms with Crippen molar-refractivity contribution < 1.29 is 14.3 Å². The first-order valence-electron chi connectivity index (χ1n) is 9.02. The summed E-state index contributed by atoms with van der Waals surface area (Å²) in [4.78, 5) is 24.6. The van der Waals surface area contributed by atoms with Crippen LogP contribution in [0.3, 0.4) is 0 Å². The molecule has 0 bridgehead atoms. The number of amides is 1. The van der Waals surface area contributed by atoms with Crippen LogP contribution in [0.5, 0.6) is 11.5 Å². The first-order valence-corrected chi connectivity index (χ1v) is 9.02. The van der Waals surface area contributed by atoms with Gasteiger partial charge in [-0.25, -0.2) is 9.98 Å². The van der Waals surface area contributed by atoms with Gasteiger partial charge in [-0.05, 0) is 32.9 Å². The molecule has 0 saturated carbocycles. The predicted molar refractivity (Wildman–Crippen MR) is 107 cm³/mol. The molecule has 9 heteroatoms. The number of hydrogen-bond acceptors (Lipinski definition) is 5. The standard InChI is InChI=1S/C19H24N6O3/c1-11(2)23-18(22-10-20)15-9-25-6-7-27-16-8-13(28-12(3)17(21)26)4-5-14(16)19(25)24-15/h4-5,8-12H,6-7H2,1-3H3,(H2,21,26)(H2,20,22,23)/t12-/m1/s1. The van der Waals surface area contributed by atoms with E-state index in [-0.39, 0.29) is 6.04 Å². The summed E-state index contributed by atoms with van der Waals surface area (Å²) in [5, 5.41) is 0. The number of fused-ring (bicyclic) bond motifs is 3. The second-order valence-corrected chi connectivity index (χ2v) is 6.64. The van der Waals surface area contributed by atoms with Crippen molar-refractivity contribution in [3.8, 4) is 22.9 Å². The molecule has 2 heterocycles. The zero-order valence-electron chi connectivity index (χ0n) is 16.1. The van der Waals surface area contributed by atoms with Crippen LogP contribution in [0.25, 0.3) is 11.4 Å². The fourth-order valence-electron chi connectivity index (χ4n) is 2.79. The fraction of sp³-hybridized carbons (Fsp3) is 0.368. The van der Waals surface area contributed by atoms with Crippen LogP contribution in [0.1, 0.15) is 26.5 Å². The Morgan fingerprint density at radius 2 is 2.18 bits per heavy atom. The second-order valence-electron chi connectivity index (χ2n) is 6.64. The third-order valence-corrected chi connectivity index (χ3v) is 4.08. The molecule has 1 aliphatic heterocycles. The Hall–Kier alpha value is -3.36. The largest absolute Gasteiger partial charge is 0.491 e. The SMILES string of the molecule is CC(C)N=C(N=CN)c1cn2c(n1)-c1ccc(O[C@H](C)C(N)=O)cc1OCC2. The molecule has 1 aliphatic rings. The van der Waals surface area contributed by atoms with Crippen molar-refractivity contribution in [2.45, 2.75) is 39.5 Å². The average Bonchev–Trinajstić information content (AvgIpc) is 2.98. The number of aromatic nitrogens is 2. The summed E-state index contributed by atoms with van der Waals surface area (Å²) in [5.41, 5.74) is 12.2. The molecule has 0 radical (unpaired) electrons. The molecule has 3 rings (SSSR count). The van der Waals surface area contributed by atoms with Gasteiger partial charge in [0.2, 0.25) is 0 Å². The molecule has 0 spiro atoms. The van der Waals surface area contributed by atoms with Gasteiger partial charge in [0.15, 0.2) is 11.9 Å². The van der Waals surface area contributed by atoms with Crippen LogP contribution in [0.4, 0.5) is 0 Å². The molecule has 0 saturated heterocycles. The van der Waals surface area contributed by atoms with Crippen molar-refractivity contribution in [2.24, 2.45) is 21.5 Å². The summed E-state index contributed by atoms with van der Waals surface area (Å²) >= 11 is 0. The lowest BCUT2D eigenvalue weighted by molar-refractivity contribution is -0.123. The number of rotatable bonds is 5. The Morgan fingerprint density at radius 3 is 2.86 bits per heavy atom. The number of carbonyl (C=O) groups excluding carboxylic acids is 1. The molecule has 148 valence electrons. The summed E-state index contributed by atoms with van der Waals surface area (Å²) in [6, 6.07) is 5.40. The Bertz CT molecular complexity index is 932. The third-order valence-electron chi connectivity index (χ3n) is 4.08. The summed E-state index contributed by atoms with van der Waals surface area (Å²) in [6.07, 6.45) is 2.37. The molecule has 9 nitrogen and oxygen atoms in total. The Kier molecular flexibility index (Phi) is 5.62. The fourth-order valence-corrected chi connectivity index (χ4v) is 2.79. The molecule has 1 aromatic heterocycles. The average molecular weight is 384 g/mol. The van der Waals surface area contributed by atoms with E-state index in [4.69, 9.17) is 25.9 Å². The van der Waals surface area contributed by atoms with Gasteiger partial charge in [0.25, 0.3) is 5.91 Å². The Labute approximate surface area is 163 Å². The summed E-state index contributed by atoms with van der Waals surface area (Å²) < 4.78 is 13.4. The van der Waals surface area contributed by atoms with Crippen LogP contribution < -0.4 is 20.9 Å². The number of aliphatic imine (C=N–C) groups is 2. The number of amidine groups is 1. The van der Waals surface area contributed by atoms with Crippen molar-refractivity contribution in [1.82, 2.24) is 9.55 Å². The number of nitrogens with zero attached hydrogens (tertiary/aromatic N) is 4. The smallest absolute Gasteiger partial charge is 0.258 e. The zero-order valence-corrected chi connectivity index (χ0v) is 16.1. The van der Waals surface area contributed by atoms with E-state index >= 15 is 0 Å². The second kappa shape index (κ2) is 8.12. The summed E-state index contributed by atoms with van der Waals surface area (Å²) in [7, 11) is 0. The topological polar surface area (TPSA) is 130 Å². The van der Waals surface area contributed by atoms with E-state index in [1.807, 2.05) is 30.7 Å².